The number of aromatic nitrogens is 2. The minimum Gasteiger partial charge on any atom is -0.309 e. The van der Waals surface area contributed by atoms with Gasteiger partial charge in [-0.05, 0) is 53.5 Å². The molecule has 0 spiro atoms. The van der Waals surface area contributed by atoms with E-state index in [4.69, 9.17) is 0 Å². The van der Waals surface area contributed by atoms with Crippen molar-refractivity contribution in [3.63, 3.8) is 0 Å². The van der Waals surface area contributed by atoms with E-state index in [0.29, 0.717) is 6.04 Å². The molecule has 3 rings (SSSR count). The number of hydrogen-bond donors (Lipinski definition) is 1. The largest absolute Gasteiger partial charge is 0.309 e. The zero-order valence-electron chi connectivity index (χ0n) is 9.74. The van der Waals surface area contributed by atoms with Crippen LogP contribution in [0.3, 0.4) is 0 Å². The highest BCUT2D eigenvalue weighted by molar-refractivity contribution is 9.11. The fourth-order valence-electron chi connectivity index (χ4n) is 2.37. The Labute approximate surface area is 123 Å². The summed E-state index contributed by atoms with van der Waals surface area (Å²) in [5.41, 5.74) is 2.34. The van der Waals surface area contributed by atoms with Crippen LogP contribution in [0.15, 0.2) is 39.7 Å². The maximum absolute atomic E-state index is 4.30. The highest BCUT2D eigenvalue weighted by atomic mass is 79.9. The normalized spacial score (nSPS) is 19.3. The van der Waals surface area contributed by atoms with Crippen LogP contribution in [0.1, 0.15) is 24.6 Å². The molecule has 1 saturated heterocycles. The average Bonchev–Trinajstić information content (AvgIpc) is 3.00. The number of benzene rings is 1. The number of rotatable bonds is 2. The van der Waals surface area contributed by atoms with E-state index < -0.39 is 0 Å². The van der Waals surface area contributed by atoms with Crippen LogP contribution in [-0.4, -0.2) is 16.1 Å². The van der Waals surface area contributed by atoms with Gasteiger partial charge in [0.05, 0.1) is 23.9 Å². The highest BCUT2D eigenvalue weighted by Gasteiger charge is 2.21. The van der Waals surface area contributed by atoms with E-state index in [1.54, 1.807) is 0 Å². The lowest BCUT2D eigenvalue weighted by molar-refractivity contribution is 0.615. The maximum Gasteiger partial charge on any atom is 0.0995 e. The fourth-order valence-corrected chi connectivity index (χ4v) is 3.16. The molecule has 0 amide bonds. The molecule has 18 heavy (non-hydrogen) atoms. The van der Waals surface area contributed by atoms with Gasteiger partial charge in [0.15, 0.2) is 0 Å². The molecule has 1 aromatic carbocycles. The van der Waals surface area contributed by atoms with Crippen LogP contribution in [0.4, 0.5) is 0 Å². The lowest BCUT2D eigenvalue weighted by Crippen LogP contribution is -2.16. The first-order valence-corrected chi connectivity index (χ1v) is 7.55. The molecule has 0 unspecified atom stereocenters. The molecule has 1 N–H and O–H groups in total. The van der Waals surface area contributed by atoms with Crippen molar-refractivity contribution >= 4 is 31.9 Å². The Kier molecular flexibility index (Phi) is 3.54. The number of hydrogen-bond acceptors (Lipinski definition) is 2. The van der Waals surface area contributed by atoms with E-state index in [2.05, 4.69) is 52.8 Å². The summed E-state index contributed by atoms with van der Waals surface area (Å²) in [7, 11) is 0. The zero-order chi connectivity index (χ0) is 12.5. The molecule has 0 aliphatic carbocycles. The number of halogens is 2. The van der Waals surface area contributed by atoms with Gasteiger partial charge in [0, 0.05) is 15.0 Å². The lowest BCUT2D eigenvalue weighted by Gasteiger charge is -2.15. The maximum atomic E-state index is 4.30. The third kappa shape index (κ3) is 2.27. The molecular weight excluding hydrogens is 358 g/mol. The van der Waals surface area contributed by atoms with Gasteiger partial charge in [-0.25, -0.2) is 4.98 Å². The van der Waals surface area contributed by atoms with Crippen LogP contribution in [0.25, 0.3) is 5.69 Å². The SMILES string of the molecule is Brc1ccc(Br)c(-n2cncc2[C@@H]2CCCN2)c1. The van der Waals surface area contributed by atoms with Gasteiger partial charge < -0.3 is 9.88 Å². The van der Waals surface area contributed by atoms with Crippen molar-refractivity contribution in [2.75, 3.05) is 6.54 Å². The predicted molar refractivity (Wildman–Crippen MR) is 78.9 cm³/mol. The van der Waals surface area contributed by atoms with Crippen LogP contribution in [-0.2, 0) is 0 Å². The van der Waals surface area contributed by atoms with Crippen LogP contribution >= 0.6 is 31.9 Å². The third-order valence-electron chi connectivity index (χ3n) is 3.25. The van der Waals surface area contributed by atoms with Crippen molar-refractivity contribution in [3.8, 4) is 5.69 Å². The summed E-state index contributed by atoms with van der Waals surface area (Å²) < 4.78 is 4.29. The Balaban J connectivity index is 2.06. The molecule has 94 valence electrons. The lowest BCUT2D eigenvalue weighted by atomic mass is 10.1. The van der Waals surface area contributed by atoms with Gasteiger partial charge in [0.2, 0.25) is 0 Å². The van der Waals surface area contributed by atoms with Crippen LogP contribution < -0.4 is 5.32 Å². The predicted octanol–water partition coefficient (Wildman–Crippen LogP) is 3.82. The third-order valence-corrected chi connectivity index (χ3v) is 4.42. The van der Waals surface area contributed by atoms with Crippen LogP contribution in [0.2, 0.25) is 0 Å². The van der Waals surface area contributed by atoms with E-state index in [1.807, 2.05) is 24.7 Å². The monoisotopic (exact) mass is 369 g/mol. The quantitative estimate of drug-likeness (QED) is 0.870. The molecule has 1 fully saturated rings. The molecule has 1 aliphatic heterocycles. The number of nitrogens with one attached hydrogen (secondary N) is 1. The molecule has 5 heteroatoms. The first-order valence-electron chi connectivity index (χ1n) is 5.97. The van der Waals surface area contributed by atoms with Crippen molar-refractivity contribution in [1.29, 1.82) is 0 Å². The first kappa shape index (κ1) is 12.4. The van der Waals surface area contributed by atoms with E-state index in [0.717, 1.165) is 21.2 Å². The van der Waals surface area contributed by atoms with Gasteiger partial charge in [-0.15, -0.1) is 0 Å². The topological polar surface area (TPSA) is 29.9 Å². The second-order valence-corrected chi connectivity index (χ2v) is 6.20. The van der Waals surface area contributed by atoms with Crippen molar-refractivity contribution in [2.45, 2.75) is 18.9 Å². The summed E-state index contributed by atoms with van der Waals surface area (Å²) in [6.07, 6.45) is 6.24. The zero-order valence-corrected chi connectivity index (χ0v) is 12.9. The van der Waals surface area contributed by atoms with Gasteiger partial charge in [-0.1, -0.05) is 15.9 Å². The van der Waals surface area contributed by atoms with E-state index >= 15 is 0 Å². The molecule has 0 bridgehead atoms. The van der Waals surface area contributed by atoms with E-state index in [-0.39, 0.29) is 0 Å². The Morgan fingerprint density at radius 3 is 3.00 bits per heavy atom. The van der Waals surface area contributed by atoms with Gasteiger partial charge in [0.1, 0.15) is 0 Å². The molecule has 0 saturated carbocycles. The Morgan fingerprint density at radius 2 is 2.22 bits per heavy atom. The summed E-state index contributed by atoms with van der Waals surface area (Å²) in [5.74, 6) is 0. The molecule has 2 heterocycles. The van der Waals surface area contributed by atoms with Gasteiger partial charge >= 0.3 is 0 Å². The molecule has 1 aromatic heterocycles. The van der Waals surface area contributed by atoms with Crippen molar-refractivity contribution in [1.82, 2.24) is 14.9 Å². The Bertz CT molecular complexity index is 559. The van der Waals surface area contributed by atoms with E-state index in [1.165, 1.54) is 18.5 Å². The smallest absolute Gasteiger partial charge is 0.0995 e. The van der Waals surface area contributed by atoms with Crippen LogP contribution in [0.5, 0.6) is 0 Å². The van der Waals surface area contributed by atoms with E-state index in [9.17, 15) is 0 Å². The summed E-state index contributed by atoms with van der Waals surface area (Å²) in [5, 5.41) is 3.52. The van der Waals surface area contributed by atoms with Crippen molar-refractivity contribution in [3.05, 3.63) is 45.4 Å². The molecule has 0 radical (unpaired) electrons. The molecular formula is C13H13Br2N3. The molecule has 3 nitrogen and oxygen atoms in total. The second kappa shape index (κ2) is 5.15. The van der Waals surface area contributed by atoms with Gasteiger partial charge in [-0.3, -0.25) is 0 Å². The van der Waals surface area contributed by atoms with Crippen molar-refractivity contribution < 1.29 is 0 Å². The highest BCUT2D eigenvalue weighted by Crippen LogP contribution is 2.30. The minimum atomic E-state index is 0.415. The standard InChI is InChI=1S/C13H13Br2N3/c14-9-3-4-10(15)12(6-9)18-8-16-7-13(18)11-2-1-5-17-11/h3-4,6-8,11,17H,1-2,5H2/t11-/m0/s1. The Hall–Kier alpha value is -0.650. The number of imidazole rings is 1. The second-order valence-electron chi connectivity index (χ2n) is 4.43. The molecule has 1 aliphatic rings. The Morgan fingerprint density at radius 1 is 1.33 bits per heavy atom. The van der Waals surface area contributed by atoms with Crippen LogP contribution in [0, 0.1) is 0 Å². The van der Waals surface area contributed by atoms with Gasteiger partial charge in [0.25, 0.3) is 0 Å². The fraction of sp³-hybridized carbons (Fsp3) is 0.308. The van der Waals surface area contributed by atoms with Gasteiger partial charge in [-0.2, -0.15) is 0 Å². The summed E-state index contributed by atoms with van der Waals surface area (Å²) in [6, 6.07) is 6.59. The summed E-state index contributed by atoms with van der Waals surface area (Å²) in [6.45, 7) is 1.09. The molecule has 2 aromatic rings. The summed E-state index contributed by atoms with van der Waals surface area (Å²) in [4.78, 5) is 4.30. The number of nitrogens with zero attached hydrogens (tertiary/aromatic N) is 2. The first-order chi connectivity index (χ1) is 8.75. The van der Waals surface area contributed by atoms with Crippen molar-refractivity contribution in [2.24, 2.45) is 0 Å². The minimum absolute atomic E-state index is 0.415. The average molecular weight is 371 g/mol. The molecule has 1 atom stereocenters. The summed E-state index contributed by atoms with van der Waals surface area (Å²) >= 11 is 7.12.